The van der Waals surface area contributed by atoms with E-state index < -0.39 is 0 Å². The Hall–Kier alpha value is -1.45. The maximum absolute atomic E-state index is 11.9. The molecule has 2 aromatic rings. The summed E-state index contributed by atoms with van der Waals surface area (Å²) in [6.45, 7) is 4.09. The Morgan fingerprint density at radius 3 is 1.95 bits per heavy atom. The molecule has 108 valence electrons. The first-order chi connectivity index (χ1) is 10.3. The molecule has 0 radical (unpaired) electrons. The van der Waals surface area contributed by atoms with Crippen molar-refractivity contribution >= 4 is 33.5 Å². The average molecular weight is 314 g/mol. The van der Waals surface area contributed by atoms with Gasteiger partial charge in [0.25, 0.3) is 0 Å². The fourth-order valence-corrected chi connectivity index (χ4v) is 3.58. The molecule has 0 amide bonds. The maximum Gasteiger partial charge on any atom is 0.219 e. The molecule has 0 unspecified atom stereocenters. The highest BCUT2D eigenvalue weighted by molar-refractivity contribution is 8.14. The Kier molecular flexibility index (Phi) is 6.64. The first-order valence-corrected chi connectivity index (χ1v) is 8.84. The fraction of sp³-hybridized carbons (Fsp3) is 0.167. The van der Waals surface area contributed by atoms with Crippen LogP contribution in [0.4, 0.5) is 0 Å². The van der Waals surface area contributed by atoms with Crippen molar-refractivity contribution in [3.05, 3.63) is 78.4 Å². The van der Waals surface area contributed by atoms with Crippen LogP contribution in [0.25, 0.3) is 4.91 Å². The number of hydrogen-bond acceptors (Lipinski definition) is 3. The molecule has 21 heavy (non-hydrogen) atoms. The summed E-state index contributed by atoms with van der Waals surface area (Å²) in [5, 5.41) is 0.155. The molecule has 0 aliphatic carbocycles. The van der Waals surface area contributed by atoms with Gasteiger partial charge in [0, 0.05) is 16.2 Å². The van der Waals surface area contributed by atoms with E-state index in [2.05, 4.69) is 18.7 Å². The third-order valence-electron chi connectivity index (χ3n) is 2.90. The summed E-state index contributed by atoms with van der Waals surface area (Å²) < 4.78 is 0. The second-order valence-electron chi connectivity index (χ2n) is 4.49. The molecular formula is C18H18OS2. The molecule has 3 heteroatoms. The quantitative estimate of drug-likeness (QED) is 0.641. The van der Waals surface area contributed by atoms with Crippen molar-refractivity contribution in [1.29, 1.82) is 0 Å². The molecule has 0 atom stereocenters. The molecule has 1 nitrogen and oxygen atoms in total. The Morgan fingerprint density at radius 1 is 0.810 bits per heavy atom. The lowest BCUT2D eigenvalue weighted by atomic mass is 10.2. The Bertz CT molecular complexity index is 525. The lowest BCUT2D eigenvalue weighted by Crippen LogP contribution is -1.95. The lowest BCUT2D eigenvalue weighted by molar-refractivity contribution is 0.108. The highest BCUT2D eigenvalue weighted by atomic mass is 32.2. The number of benzene rings is 2. The summed E-state index contributed by atoms with van der Waals surface area (Å²) in [6, 6.07) is 19.6. The van der Waals surface area contributed by atoms with Gasteiger partial charge in [0.15, 0.2) is 0 Å². The van der Waals surface area contributed by atoms with Crippen LogP contribution in [0.3, 0.4) is 0 Å². The molecule has 2 rings (SSSR count). The second kappa shape index (κ2) is 8.75. The first-order valence-electron chi connectivity index (χ1n) is 6.86. The van der Waals surface area contributed by atoms with Gasteiger partial charge in [-0.15, -0.1) is 11.8 Å². The summed E-state index contributed by atoms with van der Waals surface area (Å²) in [5.74, 6) is 1.84. The van der Waals surface area contributed by atoms with E-state index in [1.807, 2.05) is 48.5 Å². The molecule has 0 aliphatic rings. The Morgan fingerprint density at radius 2 is 1.33 bits per heavy atom. The highest BCUT2D eigenvalue weighted by Crippen LogP contribution is 2.26. The van der Waals surface area contributed by atoms with Gasteiger partial charge in [-0.25, -0.2) is 0 Å². The molecule has 0 saturated heterocycles. The van der Waals surface area contributed by atoms with E-state index in [1.165, 1.54) is 17.3 Å². The predicted octanol–water partition coefficient (Wildman–Crippen LogP) is 5.35. The van der Waals surface area contributed by atoms with Gasteiger partial charge in [-0.05, 0) is 17.7 Å². The van der Waals surface area contributed by atoms with Crippen molar-refractivity contribution in [2.24, 2.45) is 0 Å². The second-order valence-corrected chi connectivity index (χ2v) is 6.75. The van der Waals surface area contributed by atoms with Crippen LogP contribution in [0.1, 0.15) is 22.3 Å². The van der Waals surface area contributed by atoms with Crippen LogP contribution >= 0.6 is 23.5 Å². The van der Waals surface area contributed by atoms with Crippen molar-refractivity contribution < 1.29 is 4.79 Å². The summed E-state index contributed by atoms with van der Waals surface area (Å²) >= 11 is 3.15. The largest absolute Gasteiger partial charge is 0.282 e. The van der Waals surface area contributed by atoms with Gasteiger partial charge < -0.3 is 0 Å². The van der Waals surface area contributed by atoms with Gasteiger partial charge in [-0.3, -0.25) is 4.79 Å². The van der Waals surface area contributed by atoms with Crippen LogP contribution < -0.4 is 0 Å². The molecule has 0 fully saturated rings. The van der Waals surface area contributed by atoms with Crippen molar-refractivity contribution in [2.45, 2.75) is 6.42 Å². The average Bonchev–Trinajstić information content (AvgIpc) is 2.55. The van der Waals surface area contributed by atoms with E-state index in [9.17, 15) is 4.79 Å². The van der Waals surface area contributed by atoms with Crippen LogP contribution in [-0.4, -0.2) is 16.6 Å². The molecule has 0 bridgehead atoms. The smallest absolute Gasteiger partial charge is 0.219 e. The topological polar surface area (TPSA) is 17.1 Å². The minimum atomic E-state index is 0.155. The van der Waals surface area contributed by atoms with Crippen LogP contribution in [0.5, 0.6) is 0 Å². The number of thioether (sulfide) groups is 2. The molecule has 0 aromatic heterocycles. The fourth-order valence-electron chi connectivity index (χ4n) is 1.78. The van der Waals surface area contributed by atoms with Gasteiger partial charge in [0.2, 0.25) is 5.12 Å². The zero-order valence-electron chi connectivity index (χ0n) is 11.8. The van der Waals surface area contributed by atoms with E-state index in [4.69, 9.17) is 0 Å². The van der Waals surface area contributed by atoms with Gasteiger partial charge in [0.1, 0.15) is 0 Å². The molecular weight excluding hydrogens is 296 g/mol. The van der Waals surface area contributed by atoms with E-state index >= 15 is 0 Å². The minimum absolute atomic E-state index is 0.155. The van der Waals surface area contributed by atoms with E-state index in [-0.39, 0.29) is 5.12 Å². The highest BCUT2D eigenvalue weighted by Gasteiger charge is 2.05. The lowest BCUT2D eigenvalue weighted by Gasteiger charge is -2.05. The van der Waals surface area contributed by atoms with Crippen LogP contribution in [0.15, 0.2) is 67.2 Å². The number of rotatable bonds is 7. The van der Waals surface area contributed by atoms with Crippen LogP contribution in [-0.2, 0) is 0 Å². The van der Waals surface area contributed by atoms with E-state index in [0.29, 0.717) is 0 Å². The molecule has 0 aliphatic heterocycles. The van der Waals surface area contributed by atoms with Crippen LogP contribution in [0, 0.1) is 0 Å². The number of hydrogen-bond donors (Lipinski definition) is 0. The van der Waals surface area contributed by atoms with Gasteiger partial charge in [0.05, 0.1) is 0 Å². The van der Waals surface area contributed by atoms with Crippen molar-refractivity contribution in [3.8, 4) is 0 Å². The monoisotopic (exact) mass is 314 g/mol. The van der Waals surface area contributed by atoms with Crippen LogP contribution in [0.2, 0.25) is 0 Å². The van der Waals surface area contributed by atoms with Gasteiger partial charge in [-0.2, -0.15) is 0 Å². The van der Waals surface area contributed by atoms with Crippen molar-refractivity contribution in [3.63, 3.8) is 0 Å². The first kappa shape index (κ1) is 15.9. The third-order valence-corrected chi connectivity index (χ3v) is 4.97. The molecule has 0 spiro atoms. The molecule has 0 N–H and O–H groups in total. The standard InChI is InChI=1S/C18H18OS2/c1-15(16-9-4-2-5-10-16)20-13-8-14-21-18(19)17-11-6-3-7-12-17/h2-7,9-12H,1,8,13-14H2. The molecule has 0 heterocycles. The summed E-state index contributed by atoms with van der Waals surface area (Å²) in [4.78, 5) is 13.0. The Balaban J connectivity index is 1.64. The third kappa shape index (κ3) is 5.44. The van der Waals surface area contributed by atoms with E-state index in [1.54, 1.807) is 11.8 Å². The van der Waals surface area contributed by atoms with Gasteiger partial charge >= 0.3 is 0 Å². The maximum atomic E-state index is 11.9. The molecule has 0 saturated carbocycles. The number of carbonyl (C=O) groups is 1. The summed E-state index contributed by atoms with van der Waals surface area (Å²) in [5.41, 5.74) is 1.96. The zero-order valence-corrected chi connectivity index (χ0v) is 13.5. The molecule has 2 aromatic carbocycles. The SMILES string of the molecule is C=C(SCCCSC(=O)c1ccccc1)c1ccccc1. The summed E-state index contributed by atoms with van der Waals surface area (Å²) in [7, 11) is 0. The summed E-state index contributed by atoms with van der Waals surface area (Å²) in [6.07, 6.45) is 1.000. The van der Waals surface area contributed by atoms with Crippen molar-refractivity contribution in [2.75, 3.05) is 11.5 Å². The van der Waals surface area contributed by atoms with E-state index in [0.717, 1.165) is 28.4 Å². The normalized spacial score (nSPS) is 10.3. The number of carbonyl (C=O) groups excluding carboxylic acids is 1. The van der Waals surface area contributed by atoms with Gasteiger partial charge in [-0.1, -0.05) is 79.0 Å². The Labute approximate surface area is 134 Å². The zero-order chi connectivity index (χ0) is 14.9. The van der Waals surface area contributed by atoms with Crippen molar-refractivity contribution in [1.82, 2.24) is 0 Å². The minimum Gasteiger partial charge on any atom is -0.282 e. The predicted molar refractivity (Wildman–Crippen MR) is 95.8 cm³/mol.